The second kappa shape index (κ2) is 3.61. The van der Waals surface area contributed by atoms with E-state index in [1.54, 1.807) is 0 Å². The van der Waals surface area contributed by atoms with Gasteiger partial charge in [0.1, 0.15) is 12.7 Å². The standard InChI is InChI=1S/C8H8ClNO4/c9-7-2-1-6(14-7)8(12)10-3-5(11)4-13-10/h1-2,5,11H,3-4H2/t5-/m0/s1. The highest BCUT2D eigenvalue weighted by Crippen LogP contribution is 2.17. The summed E-state index contributed by atoms with van der Waals surface area (Å²) < 4.78 is 4.91. The Morgan fingerprint density at radius 2 is 2.43 bits per heavy atom. The Kier molecular flexibility index (Phi) is 2.45. The van der Waals surface area contributed by atoms with Crippen LogP contribution in [0, 0.1) is 0 Å². The van der Waals surface area contributed by atoms with Crippen LogP contribution < -0.4 is 0 Å². The van der Waals surface area contributed by atoms with E-state index in [0.29, 0.717) is 0 Å². The number of aliphatic hydroxyl groups is 1. The fourth-order valence-corrected chi connectivity index (χ4v) is 1.31. The second-order valence-corrected chi connectivity index (χ2v) is 3.29. The van der Waals surface area contributed by atoms with Crippen molar-refractivity contribution >= 4 is 17.5 Å². The summed E-state index contributed by atoms with van der Waals surface area (Å²) >= 11 is 5.51. The average Bonchev–Trinajstić information content (AvgIpc) is 2.73. The molecule has 0 unspecified atom stereocenters. The van der Waals surface area contributed by atoms with Crippen LogP contribution >= 0.6 is 11.6 Å². The van der Waals surface area contributed by atoms with Crippen molar-refractivity contribution in [2.45, 2.75) is 6.10 Å². The summed E-state index contributed by atoms with van der Waals surface area (Å²) in [5.41, 5.74) is 0. The molecular weight excluding hydrogens is 210 g/mol. The first-order valence-corrected chi connectivity index (χ1v) is 4.43. The van der Waals surface area contributed by atoms with Gasteiger partial charge in [0.2, 0.25) is 0 Å². The maximum absolute atomic E-state index is 11.5. The molecule has 1 aromatic rings. The third kappa shape index (κ3) is 1.75. The number of rotatable bonds is 1. The molecule has 1 amide bonds. The minimum Gasteiger partial charge on any atom is -0.439 e. The van der Waals surface area contributed by atoms with Gasteiger partial charge in [0.05, 0.1) is 6.54 Å². The van der Waals surface area contributed by atoms with Gasteiger partial charge in [0.25, 0.3) is 0 Å². The molecule has 0 aliphatic carbocycles. The van der Waals surface area contributed by atoms with E-state index in [2.05, 4.69) is 0 Å². The highest BCUT2D eigenvalue weighted by molar-refractivity contribution is 6.29. The molecule has 1 aliphatic rings. The summed E-state index contributed by atoms with van der Waals surface area (Å²) in [5.74, 6) is -0.336. The van der Waals surface area contributed by atoms with Gasteiger partial charge >= 0.3 is 5.91 Å². The van der Waals surface area contributed by atoms with Crippen LogP contribution in [0.3, 0.4) is 0 Å². The van der Waals surface area contributed by atoms with Crippen molar-refractivity contribution in [1.82, 2.24) is 5.06 Å². The first-order chi connectivity index (χ1) is 6.66. The Morgan fingerprint density at radius 3 is 2.93 bits per heavy atom. The molecule has 1 atom stereocenters. The molecule has 5 nitrogen and oxygen atoms in total. The van der Waals surface area contributed by atoms with E-state index in [0.717, 1.165) is 5.06 Å². The SMILES string of the molecule is O=C(c1ccc(Cl)o1)N1C[C@H](O)CO1. The number of furan rings is 1. The number of hydrogen-bond acceptors (Lipinski definition) is 4. The van der Waals surface area contributed by atoms with E-state index in [9.17, 15) is 4.79 Å². The monoisotopic (exact) mass is 217 g/mol. The molecule has 76 valence electrons. The lowest BCUT2D eigenvalue weighted by Crippen LogP contribution is -2.28. The summed E-state index contributed by atoms with van der Waals surface area (Å²) in [6.07, 6.45) is -0.635. The quantitative estimate of drug-likeness (QED) is 0.752. The van der Waals surface area contributed by atoms with Crippen molar-refractivity contribution in [3.63, 3.8) is 0 Å². The fraction of sp³-hybridized carbons (Fsp3) is 0.375. The number of aliphatic hydroxyl groups excluding tert-OH is 1. The molecule has 1 fully saturated rings. The third-order valence-electron chi connectivity index (χ3n) is 1.81. The van der Waals surface area contributed by atoms with Crippen molar-refractivity contribution in [2.75, 3.05) is 13.2 Å². The maximum Gasteiger partial charge on any atom is 0.313 e. The number of carbonyl (C=O) groups is 1. The molecule has 0 spiro atoms. The zero-order chi connectivity index (χ0) is 10.1. The lowest BCUT2D eigenvalue weighted by Gasteiger charge is -2.10. The van der Waals surface area contributed by atoms with Crippen molar-refractivity contribution in [1.29, 1.82) is 0 Å². The number of β-amino-alcohol motifs (C(OH)–C–C–N with tert-alkyl or cyclic N) is 1. The molecule has 0 bridgehead atoms. The number of carbonyl (C=O) groups excluding carboxylic acids is 1. The van der Waals surface area contributed by atoms with Gasteiger partial charge in [-0.25, -0.2) is 5.06 Å². The van der Waals surface area contributed by atoms with Crippen molar-refractivity contribution in [3.8, 4) is 0 Å². The maximum atomic E-state index is 11.5. The van der Waals surface area contributed by atoms with Gasteiger partial charge in [-0.3, -0.25) is 9.63 Å². The molecular formula is C8H8ClNO4. The summed E-state index contributed by atoms with van der Waals surface area (Å²) in [6, 6.07) is 2.93. The number of halogens is 1. The van der Waals surface area contributed by atoms with Gasteiger partial charge in [0.15, 0.2) is 11.0 Å². The molecule has 2 rings (SSSR count). The van der Waals surface area contributed by atoms with E-state index in [1.807, 2.05) is 0 Å². The largest absolute Gasteiger partial charge is 0.439 e. The van der Waals surface area contributed by atoms with E-state index >= 15 is 0 Å². The minimum absolute atomic E-state index is 0.101. The van der Waals surface area contributed by atoms with Crippen LogP contribution in [-0.2, 0) is 4.84 Å². The molecule has 0 radical (unpaired) electrons. The summed E-state index contributed by atoms with van der Waals surface area (Å²) in [5, 5.41) is 10.3. The van der Waals surface area contributed by atoms with Gasteiger partial charge in [-0.1, -0.05) is 0 Å². The summed E-state index contributed by atoms with van der Waals surface area (Å²) in [7, 11) is 0. The molecule has 6 heteroatoms. The number of amides is 1. The molecule has 1 aromatic heterocycles. The molecule has 0 saturated carbocycles. The van der Waals surface area contributed by atoms with Gasteiger partial charge in [0, 0.05) is 0 Å². The van der Waals surface area contributed by atoms with Gasteiger partial charge in [-0.15, -0.1) is 0 Å². The molecule has 2 heterocycles. The zero-order valence-electron chi connectivity index (χ0n) is 7.14. The second-order valence-electron chi connectivity index (χ2n) is 2.92. The molecule has 0 aromatic carbocycles. The van der Waals surface area contributed by atoms with Crippen LogP contribution in [0.15, 0.2) is 16.5 Å². The normalized spacial score (nSPS) is 21.6. The van der Waals surface area contributed by atoms with Crippen molar-refractivity contribution in [2.24, 2.45) is 0 Å². The molecule has 1 aliphatic heterocycles. The highest BCUT2D eigenvalue weighted by atomic mass is 35.5. The van der Waals surface area contributed by atoms with Crippen LogP contribution in [0.4, 0.5) is 0 Å². The van der Waals surface area contributed by atoms with Gasteiger partial charge in [-0.05, 0) is 23.7 Å². The summed E-state index contributed by atoms with van der Waals surface area (Å²) in [6.45, 7) is 0.275. The Bertz CT molecular complexity index is 351. The predicted octanol–water partition coefficient (Wildman–Crippen LogP) is 0.681. The Morgan fingerprint density at radius 1 is 1.64 bits per heavy atom. The van der Waals surface area contributed by atoms with Crippen LogP contribution in [0.2, 0.25) is 5.22 Å². The Balaban J connectivity index is 2.09. The van der Waals surface area contributed by atoms with Gasteiger partial charge < -0.3 is 9.52 Å². The lowest BCUT2D eigenvalue weighted by atomic mass is 10.3. The van der Waals surface area contributed by atoms with E-state index in [-0.39, 0.29) is 24.1 Å². The fourth-order valence-electron chi connectivity index (χ4n) is 1.17. The number of hydroxylamine groups is 2. The van der Waals surface area contributed by atoms with E-state index in [1.165, 1.54) is 12.1 Å². The van der Waals surface area contributed by atoms with Crippen LogP contribution in [0.5, 0.6) is 0 Å². The number of hydrogen-bond donors (Lipinski definition) is 1. The van der Waals surface area contributed by atoms with Crippen LogP contribution in [0.25, 0.3) is 0 Å². The average molecular weight is 218 g/mol. The summed E-state index contributed by atoms with van der Waals surface area (Å²) in [4.78, 5) is 16.5. The predicted molar refractivity (Wildman–Crippen MR) is 46.7 cm³/mol. The minimum atomic E-state index is -0.635. The number of nitrogens with zero attached hydrogens (tertiary/aromatic N) is 1. The molecule has 1 N–H and O–H groups in total. The smallest absolute Gasteiger partial charge is 0.313 e. The highest BCUT2D eigenvalue weighted by Gasteiger charge is 2.28. The van der Waals surface area contributed by atoms with E-state index < -0.39 is 12.0 Å². The van der Waals surface area contributed by atoms with E-state index in [4.69, 9.17) is 26.0 Å². The zero-order valence-corrected chi connectivity index (χ0v) is 7.90. The van der Waals surface area contributed by atoms with Crippen LogP contribution in [0.1, 0.15) is 10.6 Å². The first-order valence-electron chi connectivity index (χ1n) is 4.05. The topological polar surface area (TPSA) is 62.9 Å². The lowest BCUT2D eigenvalue weighted by molar-refractivity contribution is -0.0795. The molecule has 14 heavy (non-hydrogen) atoms. The molecule has 1 saturated heterocycles. The first kappa shape index (κ1) is 9.51. The Labute approximate surface area is 84.8 Å². The Hall–Kier alpha value is -1.04. The third-order valence-corrected chi connectivity index (χ3v) is 2.01. The van der Waals surface area contributed by atoms with Crippen molar-refractivity contribution in [3.05, 3.63) is 23.1 Å². The van der Waals surface area contributed by atoms with Gasteiger partial charge in [-0.2, -0.15) is 0 Å². The van der Waals surface area contributed by atoms with Crippen LogP contribution in [-0.4, -0.2) is 35.3 Å². The van der Waals surface area contributed by atoms with Crippen molar-refractivity contribution < 1.29 is 19.2 Å².